The van der Waals surface area contributed by atoms with Crippen LogP contribution >= 0.6 is 0 Å². The predicted octanol–water partition coefficient (Wildman–Crippen LogP) is 1.17. The van der Waals surface area contributed by atoms with Crippen molar-refractivity contribution in [2.45, 2.75) is 57.4 Å². The number of amides is 1. The van der Waals surface area contributed by atoms with Gasteiger partial charge in [0, 0.05) is 19.2 Å². The summed E-state index contributed by atoms with van der Waals surface area (Å²) in [7, 11) is 0. The molecule has 0 spiro atoms. The highest BCUT2D eigenvalue weighted by molar-refractivity contribution is 5.79. The number of carbonyl (C=O) groups excluding carboxylic acids is 1. The summed E-state index contributed by atoms with van der Waals surface area (Å²) >= 11 is 0. The lowest BCUT2D eigenvalue weighted by Gasteiger charge is -2.22. The Kier molecular flexibility index (Phi) is 4.62. The summed E-state index contributed by atoms with van der Waals surface area (Å²) in [6.45, 7) is 0.939. The summed E-state index contributed by atoms with van der Waals surface area (Å²) in [5.74, 6) is 0.131. The zero-order valence-corrected chi connectivity index (χ0v) is 11.2. The first kappa shape index (κ1) is 13.8. The number of aliphatic hydroxyl groups excluding tert-OH is 1. The van der Waals surface area contributed by atoms with E-state index in [1.54, 1.807) is 0 Å². The highest BCUT2D eigenvalue weighted by Crippen LogP contribution is 2.47. The van der Waals surface area contributed by atoms with E-state index in [1.165, 1.54) is 6.42 Å². The van der Waals surface area contributed by atoms with E-state index in [4.69, 9.17) is 10.8 Å². The second kappa shape index (κ2) is 6.02. The van der Waals surface area contributed by atoms with Crippen molar-refractivity contribution in [3.8, 4) is 0 Å². The van der Waals surface area contributed by atoms with E-state index in [0.29, 0.717) is 0 Å². The molecule has 18 heavy (non-hydrogen) atoms. The molecule has 4 nitrogen and oxygen atoms in total. The molecule has 0 aromatic rings. The molecule has 1 amide bonds. The minimum absolute atomic E-state index is 0.00238. The third-order valence-corrected chi connectivity index (χ3v) is 4.64. The molecular formula is C14H26N2O2. The lowest BCUT2D eigenvalue weighted by molar-refractivity contribution is -0.126. The summed E-state index contributed by atoms with van der Waals surface area (Å²) in [5.41, 5.74) is 6.29. The van der Waals surface area contributed by atoms with Crippen LogP contribution in [0.2, 0.25) is 0 Å². The number of rotatable bonds is 5. The van der Waals surface area contributed by atoms with Crippen molar-refractivity contribution >= 4 is 5.91 Å². The molecule has 2 saturated carbocycles. The van der Waals surface area contributed by atoms with Gasteiger partial charge in [-0.15, -0.1) is 0 Å². The van der Waals surface area contributed by atoms with Gasteiger partial charge in [-0.25, -0.2) is 0 Å². The lowest BCUT2D eigenvalue weighted by atomic mass is 9.94. The second-order valence-electron chi connectivity index (χ2n) is 6.10. The molecule has 2 fully saturated rings. The van der Waals surface area contributed by atoms with Gasteiger partial charge in [0.25, 0.3) is 0 Å². The summed E-state index contributed by atoms with van der Waals surface area (Å²) in [6.07, 6.45) is 8.44. The fraction of sp³-hybridized carbons (Fsp3) is 0.929. The molecule has 4 heteroatoms. The first-order chi connectivity index (χ1) is 8.67. The lowest BCUT2D eigenvalue weighted by Crippen LogP contribution is -2.43. The minimum Gasteiger partial charge on any atom is -0.396 e. The first-order valence-corrected chi connectivity index (χ1v) is 7.31. The Balaban J connectivity index is 1.79. The van der Waals surface area contributed by atoms with Crippen LogP contribution in [0, 0.1) is 11.3 Å². The minimum atomic E-state index is -0.00238. The first-order valence-electron chi connectivity index (χ1n) is 7.31. The molecule has 4 N–H and O–H groups in total. The molecule has 0 radical (unpaired) electrons. The number of nitrogens with two attached hydrogens (primary N) is 1. The maximum absolute atomic E-state index is 12.2. The largest absolute Gasteiger partial charge is 0.396 e. The van der Waals surface area contributed by atoms with E-state index in [2.05, 4.69) is 5.32 Å². The van der Waals surface area contributed by atoms with Crippen molar-refractivity contribution in [1.82, 2.24) is 5.32 Å². The Morgan fingerprint density at radius 1 is 1.28 bits per heavy atom. The predicted molar refractivity (Wildman–Crippen MR) is 70.9 cm³/mol. The van der Waals surface area contributed by atoms with Crippen LogP contribution < -0.4 is 11.1 Å². The molecule has 2 aliphatic carbocycles. The Hall–Kier alpha value is -0.610. The number of aliphatic hydroxyl groups is 1. The van der Waals surface area contributed by atoms with Crippen LogP contribution in [0.25, 0.3) is 0 Å². The molecule has 2 unspecified atom stereocenters. The zero-order valence-electron chi connectivity index (χ0n) is 11.2. The zero-order chi connectivity index (χ0) is 13.0. The molecule has 0 bridgehead atoms. The van der Waals surface area contributed by atoms with Gasteiger partial charge in [-0.1, -0.05) is 19.3 Å². The molecule has 2 atom stereocenters. The second-order valence-corrected chi connectivity index (χ2v) is 6.10. The monoisotopic (exact) mass is 254 g/mol. The quantitative estimate of drug-likeness (QED) is 0.645. The Morgan fingerprint density at radius 3 is 2.67 bits per heavy atom. The smallest absolute Gasteiger partial charge is 0.224 e. The Bertz CT molecular complexity index is 290. The van der Waals surface area contributed by atoms with Gasteiger partial charge >= 0.3 is 0 Å². The summed E-state index contributed by atoms with van der Waals surface area (Å²) in [4.78, 5) is 12.2. The third kappa shape index (κ3) is 3.45. The van der Waals surface area contributed by atoms with Gasteiger partial charge in [-0.2, -0.15) is 0 Å². The van der Waals surface area contributed by atoms with Crippen LogP contribution in [0.15, 0.2) is 0 Å². The normalized spacial score (nSPS) is 30.6. The fourth-order valence-corrected chi connectivity index (χ4v) is 3.00. The van der Waals surface area contributed by atoms with Crippen LogP contribution in [-0.2, 0) is 4.79 Å². The van der Waals surface area contributed by atoms with Gasteiger partial charge < -0.3 is 16.2 Å². The summed E-state index contributed by atoms with van der Waals surface area (Å²) in [6, 6.07) is 0.0282. The third-order valence-electron chi connectivity index (χ3n) is 4.64. The molecule has 0 saturated heterocycles. The van der Waals surface area contributed by atoms with E-state index in [0.717, 1.165) is 51.5 Å². The van der Waals surface area contributed by atoms with E-state index < -0.39 is 0 Å². The van der Waals surface area contributed by atoms with Gasteiger partial charge in [-0.05, 0) is 37.5 Å². The number of hydrogen-bond donors (Lipinski definition) is 3. The Morgan fingerprint density at radius 2 is 2.00 bits per heavy atom. The summed E-state index contributed by atoms with van der Waals surface area (Å²) in [5, 5.41) is 12.1. The maximum atomic E-state index is 12.2. The Labute approximate surface area is 109 Å². The van der Waals surface area contributed by atoms with Crippen LogP contribution in [0.1, 0.15) is 51.4 Å². The van der Waals surface area contributed by atoms with Crippen molar-refractivity contribution in [2.24, 2.45) is 17.1 Å². The fourth-order valence-electron chi connectivity index (χ4n) is 3.00. The van der Waals surface area contributed by atoms with E-state index >= 15 is 0 Å². The van der Waals surface area contributed by atoms with Crippen molar-refractivity contribution < 1.29 is 9.90 Å². The van der Waals surface area contributed by atoms with E-state index in [-0.39, 0.29) is 29.9 Å². The number of carbonyl (C=O) groups is 1. The van der Waals surface area contributed by atoms with Crippen molar-refractivity contribution in [1.29, 1.82) is 0 Å². The van der Waals surface area contributed by atoms with Crippen LogP contribution in [0.3, 0.4) is 0 Å². The molecule has 0 aromatic carbocycles. The molecule has 2 aliphatic rings. The molecule has 0 aliphatic heterocycles. The summed E-state index contributed by atoms with van der Waals surface area (Å²) < 4.78 is 0. The topological polar surface area (TPSA) is 75.4 Å². The van der Waals surface area contributed by atoms with Gasteiger partial charge in [-0.3, -0.25) is 4.79 Å². The van der Waals surface area contributed by atoms with E-state index in [9.17, 15) is 4.79 Å². The van der Waals surface area contributed by atoms with Crippen molar-refractivity contribution in [3.63, 3.8) is 0 Å². The van der Waals surface area contributed by atoms with Gasteiger partial charge in [0.05, 0.1) is 5.92 Å². The number of nitrogens with one attached hydrogen (secondary N) is 1. The average Bonchev–Trinajstić information content (AvgIpc) is 3.13. The van der Waals surface area contributed by atoms with Crippen LogP contribution in [0.5, 0.6) is 0 Å². The standard InChI is InChI=1S/C14H26N2O2/c15-12-5-3-1-2-4-11(12)13(18)16-10-14(6-7-14)8-9-17/h11-12,17H,1-10,15H2,(H,16,18). The van der Waals surface area contributed by atoms with Crippen molar-refractivity contribution in [2.75, 3.05) is 13.2 Å². The SMILES string of the molecule is NC1CCCCCC1C(=O)NCC1(CCO)CC1. The molecule has 104 valence electrons. The maximum Gasteiger partial charge on any atom is 0.224 e. The van der Waals surface area contributed by atoms with Crippen molar-refractivity contribution in [3.05, 3.63) is 0 Å². The molecule has 0 heterocycles. The molecular weight excluding hydrogens is 228 g/mol. The van der Waals surface area contributed by atoms with E-state index in [1.807, 2.05) is 0 Å². The van der Waals surface area contributed by atoms with Gasteiger partial charge in [0.2, 0.25) is 5.91 Å². The average molecular weight is 254 g/mol. The van der Waals surface area contributed by atoms with Gasteiger partial charge in [0.1, 0.15) is 0 Å². The highest BCUT2D eigenvalue weighted by Gasteiger charge is 2.42. The number of hydrogen-bond acceptors (Lipinski definition) is 3. The highest BCUT2D eigenvalue weighted by atomic mass is 16.3. The molecule has 2 rings (SSSR count). The molecule has 0 aromatic heterocycles. The van der Waals surface area contributed by atoms with Crippen LogP contribution in [0.4, 0.5) is 0 Å². The van der Waals surface area contributed by atoms with Gasteiger partial charge in [0.15, 0.2) is 0 Å². The van der Waals surface area contributed by atoms with Crippen LogP contribution in [-0.4, -0.2) is 30.2 Å².